The van der Waals surface area contributed by atoms with Crippen LogP contribution in [0.15, 0.2) is 29.8 Å². The van der Waals surface area contributed by atoms with Crippen molar-refractivity contribution < 1.29 is 29.4 Å². The van der Waals surface area contributed by atoms with Crippen molar-refractivity contribution in [2.75, 3.05) is 6.54 Å². The zero-order valence-corrected chi connectivity index (χ0v) is 25.5. The number of aromatic nitrogens is 1. The van der Waals surface area contributed by atoms with Crippen LogP contribution in [0.5, 0.6) is 0 Å². The van der Waals surface area contributed by atoms with Crippen LogP contribution in [-0.2, 0) is 14.4 Å². The molecule has 42 heavy (non-hydrogen) atoms. The summed E-state index contributed by atoms with van der Waals surface area (Å²) in [7, 11) is 0. The first kappa shape index (κ1) is 31.4. The molecule has 4 amide bonds. The molecule has 2 heterocycles. The number of likely N-dealkylation sites (tertiary alicyclic amines) is 1. The zero-order chi connectivity index (χ0) is 30.8. The predicted molar refractivity (Wildman–Crippen MR) is 159 cm³/mol. The molecule has 1 aliphatic heterocycles. The number of benzene rings is 1. The van der Waals surface area contributed by atoms with Crippen molar-refractivity contribution in [2.45, 2.75) is 90.6 Å². The number of nitrogens with one attached hydrogen (secondary N) is 3. The van der Waals surface area contributed by atoms with Gasteiger partial charge in [0.1, 0.15) is 12.1 Å². The molecule has 2 aliphatic rings. The van der Waals surface area contributed by atoms with Gasteiger partial charge < -0.3 is 31.1 Å². The lowest BCUT2D eigenvalue weighted by Gasteiger charge is -2.37. The van der Waals surface area contributed by atoms with E-state index in [1.54, 1.807) is 11.3 Å². The molecule has 0 bridgehead atoms. The van der Waals surface area contributed by atoms with Crippen LogP contribution in [0.1, 0.15) is 70.7 Å². The van der Waals surface area contributed by atoms with Crippen LogP contribution in [-0.4, -0.2) is 74.7 Å². The maximum atomic E-state index is 13.8. The second kappa shape index (κ2) is 12.8. The van der Waals surface area contributed by atoms with E-state index in [-0.39, 0.29) is 49.2 Å². The maximum absolute atomic E-state index is 13.8. The number of carboxylic acid groups (broad SMARTS) is 1. The zero-order valence-electron chi connectivity index (χ0n) is 24.7. The molecule has 1 saturated carbocycles. The summed E-state index contributed by atoms with van der Waals surface area (Å²) in [4.78, 5) is 57.7. The SMILES string of the molecule is Cc1ncsc1-c1ccc([C@H](C)NC(=O)[C@@H]2C[C@@H](O)CN2C(=O)C(NC(=O)CC2CC(NC(=O)O)C2)C(C)(C)C)cc1. The number of amides is 4. The van der Waals surface area contributed by atoms with Gasteiger partial charge >= 0.3 is 6.09 Å². The summed E-state index contributed by atoms with van der Waals surface area (Å²) in [5, 5.41) is 27.6. The molecule has 4 atom stereocenters. The van der Waals surface area contributed by atoms with Crippen molar-refractivity contribution in [1.29, 1.82) is 0 Å². The number of β-amino-alcohol motifs (C(OH)–C–C–N with tert-alkyl or cyclic N) is 1. The van der Waals surface area contributed by atoms with E-state index < -0.39 is 35.6 Å². The van der Waals surface area contributed by atoms with Crippen LogP contribution in [0.25, 0.3) is 10.4 Å². The molecule has 0 radical (unpaired) electrons. The Morgan fingerprint density at radius 2 is 1.76 bits per heavy atom. The van der Waals surface area contributed by atoms with Gasteiger partial charge in [0, 0.05) is 25.4 Å². The number of aryl methyl sites for hydroxylation is 1. The molecule has 4 rings (SSSR count). The molecule has 0 spiro atoms. The number of hydrogen-bond acceptors (Lipinski definition) is 7. The smallest absolute Gasteiger partial charge is 0.404 e. The van der Waals surface area contributed by atoms with Crippen molar-refractivity contribution in [3.05, 3.63) is 41.0 Å². The van der Waals surface area contributed by atoms with E-state index in [4.69, 9.17) is 5.11 Å². The first-order valence-electron chi connectivity index (χ1n) is 14.3. The monoisotopic (exact) mass is 599 g/mol. The van der Waals surface area contributed by atoms with Crippen LogP contribution in [0.3, 0.4) is 0 Å². The molecule has 1 aromatic heterocycles. The Balaban J connectivity index is 1.39. The van der Waals surface area contributed by atoms with Gasteiger partial charge in [-0.1, -0.05) is 45.0 Å². The van der Waals surface area contributed by atoms with Gasteiger partial charge in [-0.15, -0.1) is 11.3 Å². The van der Waals surface area contributed by atoms with Gasteiger partial charge in [-0.3, -0.25) is 14.4 Å². The summed E-state index contributed by atoms with van der Waals surface area (Å²) in [6, 6.07) is 5.65. The highest BCUT2D eigenvalue weighted by molar-refractivity contribution is 7.13. The first-order chi connectivity index (χ1) is 19.7. The number of aliphatic hydroxyl groups excluding tert-OH is 1. The van der Waals surface area contributed by atoms with E-state index in [0.29, 0.717) is 12.8 Å². The fraction of sp³-hybridized carbons (Fsp3) is 0.567. The largest absolute Gasteiger partial charge is 0.465 e. The van der Waals surface area contributed by atoms with Gasteiger partial charge in [0.2, 0.25) is 17.7 Å². The second-order valence-electron chi connectivity index (χ2n) is 12.6. The minimum atomic E-state index is -1.08. The average molecular weight is 600 g/mol. The van der Waals surface area contributed by atoms with Crippen molar-refractivity contribution in [3.63, 3.8) is 0 Å². The second-order valence-corrected chi connectivity index (χ2v) is 13.4. The van der Waals surface area contributed by atoms with E-state index in [2.05, 4.69) is 20.9 Å². The highest BCUT2D eigenvalue weighted by Crippen LogP contribution is 2.32. The molecule has 2 aromatic rings. The third-order valence-corrected chi connectivity index (χ3v) is 9.08. The lowest BCUT2D eigenvalue weighted by atomic mass is 9.78. The number of rotatable bonds is 9. The summed E-state index contributed by atoms with van der Waals surface area (Å²) in [5.41, 5.74) is 4.08. The van der Waals surface area contributed by atoms with E-state index in [1.807, 2.05) is 64.4 Å². The Hall–Kier alpha value is -3.51. The Morgan fingerprint density at radius 3 is 2.33 bits per heavy atom. The Kier molecular flexibility index (Phi) is 9.56. The number of thiazole rings is 1. The van der Waals surface area contributed by atoms with E-state index >= 15 is 0 Å². The van der Waals surface area contributed by atoms with Crippen LogP contribution in [0.2, 0.25) is 0 Å². The highest BCUT2D eigenvalue weighted by atomic mass is 32.1. The summed E-state index contributed by atoms with van der Waals surface area (Å²) < 4.78 is 0. The normalized spacial score (nSPS) is 23.4. The number of aliphatic hydroxyl groups is 1. The Labute approximate surface area is 250 Å². The maximum Gasteiger partial charge on any atom is 0.404 e. The standard InChI is InChI=1S/C30H41N5O6S/c1-16(19-6-8-20(9-7-19)25-17(2)31-15-42-25)32-27(38)23-13-22(36)14-35(23)28(39)26(30(3,4)5)34-24(37)12-18-10-21(11-18)33-29(40)41/h6-9,15-16,18,21-23,26,33,36H,10-14H2,1-5H3,(H,32,38)(H,34,37)(H,40,41)/t16-,18?,21?,22+,23-,26?/m0/s1. The van der Waals surface area contributed by atoms with Gasteiger partial charge in [-0.05, 0) is 49.1 Å². The van der Waals surface area contributed by atoms with Gasteiger partial charge in [0.15, 0.2) is 0 Å². The minimum absolute atomic E-state index is 0.00180. The number of carbonyl (C=O) groups excluding carboxylic acids is 3. The lowest BCUT2D eigenvalue weighted by molar-refractivity contribution is -0.144. The van der Waals surface area contributed by atoms with Gasteiger partial charge in [0.05, 0.1) is 28.2 Å². The van der Waals surface area contributed by atoms with E-state index in [9.17, 15) is 24.3 Å². The number of nitrogens with zero attached hydrogens (tertiary/aromatic N) is 2. The highest BCUT2D eigenvalue weighted by Gasteiger charge is 2.45. The predicted octanol–water partition coefficient (Wildman–Crippen LogP) is 3.22. The van der Waals surface area contributed by atoms with Crippen molar-refractivity contribution >= 4 is 35.2 Å². The van der Waals surface area contributed by atoms with Crippen molar-refractivity contribution in [3.8, 4) is 10.4 Å². The number of hydrogen-bond donors (Lipinski definition) is 5. The Bertz CT molecular complexity index is 1300. The molecule has 1 aromatic carbocycles. The first-order valence-corrected chi connectivity index (χ1v) is 15.2. The van der Waals surface area contributed by atoms with Gasteiger partial charge in [0.25, 0.3) is 0 Å². The molecule has 1 aliphatic carbocycles. The quantitative estimate of drug-likeness (QED) is 0.296. The topological polar surface area (TPSA) is 161 Å². The third kappa shape index (κ3) is 7.46. The molecule has 5 N–H and O–H groups in total. The summed E-state index contributed by atoms with van der Waals surface area (Å²) in [5.74, 6) is -1.04. The molecule has 2 fully saturated rings. The molecule has 1 saturated heterocycles. The van der Waals surface area contributed by atoms with Crippen LogP contribution >= 0.6 is 11.3 Å². The molecule has 1 unspecified atom stereocenters. The fourth-order valence-corrected chi connectivity index (χ4v) is 6.50. The summed E-state index contributed by atoms with van der Waals surface area (Å²) >= 11 is 1.57. The van der Waals surface area contributed by atoms with Crippen LogP contribution in [0, 0.1) is 18.3 Å². The van der Waals surface area contributed by atoms with E-state index in [1.165, 1.54) is 4.90 Å². The van der Waals surface area contributed by atoms with Gasteiger partial charge in [-0.2, -0.15) is 0 Å². The molecular formula is C30H41N5O6S. The third-order valence-electron chi connectivity index (χ3n) is 8.10. The van der Waals surface area contributed by atoms with E-state index in [0.717, 1.165) is 21.7 Å². The summed E-state index contributed by atoms with van der Waals surface area (Å²) in [6.45, 7) is 9.36. The van der Waals surface area contributed by atoms with Gasteiger partial charge in [-0.25, -0.2) is 9.78 Å². The minimum Gasteiger partial charge on any atom is -0.465 e. The van der Waals surface area contributed by atoms with Crippen LogP contribution < -0.4 is 16.0 Å². The molecular weight excluding hydrogens is 558 g/mol. The lowest BCUT2D eigenvalue weighted by Crippen LogP contribution is -2.58. The summed E-state index contributed by atoms with van der Waals surface area (Å²) in [6.07, 6.45) is -0.503. The number of carbonyl (C=O) groups is 4. The van der Waals surface area contributed by atoms with Crippen molar-refractivity contribution in [2.24, 2.45) is 11.3 Å². The molecule has 12 heteroatoms. The molecule has 228 valence electrons. The average Bonchev–Trinajstić information content (AvgIpc) is 3.50. The van der Waals surface area contributed by atoms with Crippen LogP contribution in [0.4, 0.5) is 4.79 Å². The van der Waals surface area contributed by atoms with Crippen molar-refractivity contribution in [1.82, 2.24) is 25.8 Å². The fourth-order valence-electron chi connectivity index (χ4n) is 5.69. The Morgan fingerprint density at radius 1 is 1.10 bits per heavy atom. The molecule has 11 nitrogen and oxygen atoms in total.